The molecule has 0 spiro atoms. The summed E-state index contributed by atoms with van der Waals surface area (Å²) in [5.74, 6) is -4.93. The second-order valence-corrected chi connectivity index (χ2v) is 6.77. The van der Waals surface area contributed by atoms with E-state index in [9.17, 15) is 22.8 Å². The normalized spacial score (nSPS) is 14.2. The molecule has 1 saturated heterocycles. The van der Waals surface area contributed by atoms with E-state index in [-0.39, 0.29) is 24.6 Å². The average molecular weight is 390 g/mol. The Morgan fingerprint density at radius 2 is 1.43 bits per heavy atom. The highest BCUT2D eigenvalue weighted by Crippen LogP contribution is 2.17. The molecular weight excluding hydrogens is 369 g/mol. The summed E-state index contributed by atoms with van der Waals surface area (Å²) in [6.45, 7) is 1.26. The zero-order valence-electron chi connectivity index (χ0n) is 15.3. The zero-order valence-corrected chi connectivity index (χ0v) is 15.3. The van der Waals surface area contributed by atoms with Crippen LogP contribution in [-0.4, -0.2) is 47.8 Å². The molecule has 0 bridgehead atoms. The van der Waals surface area contributed by atoms with Crippen LogP contribution in [0.5, 0.6) is 0 Å². The van der Waals surface area contributed by atoms with E-state index in [1.165, 1.54) is 10.5 Å². The number of benzene rings is 2. The van der Waals surface area contributed by atoms with E-state index in [0.29, 0.717) is 31.6 Å². The van der Waals surface area contributed by atoms with Crippen molar-refractivity contribution in [3.05, 3.63) is 71.0 Å². The van der Waals surface area contributed by atoms with Gasteiger partial charge in [-0.3, -0.25) is 9.59 Å². The smallest absolute Gasteiger partial charge is 0.254 e. The van der Waals surface area contributed by atoms with Crippen molar-refractivity contribution < 1.29 is 22.8 Å². The van der Waals surface area contributed by atoms with Crippen LogP contribution in [0.3, 0.4) is 0 Å². The summed E-state index contributed by atoms with van der Waals surface area (Å²) in [5.41, 5.74) is 0.948. The number of aryl methyl sites for hydroxylation is 1. The molecule has 0 atom stereocenters. The molecule has 0 unspecified atom stereocenters. The molecule has 0 saturated carbocycles. The van der Waals surface area contributed by atoms with Gasteiger partial charge in [-0.25, -0.2) is 13.2 Å². The predicted molar refractivity (Wildman–Crippen MR) is 98.2 cm³/mol. The van der Waals surface area contributed by atoms with Crippen molar-refractivity contribution in [2.45, 2.75) is 19.3 Å². The van der Waals surface area contributed by atoms with Gasteiger partial charge in [-0.15, -0.1) is 0 Å². The highest BCUT2D eigenvalue weighted by Gasteiger charge is 2.26. The Morgan fingerprint density at radius 1 is 0.857 bits per heavy atom. The molecular formula is C21H21F3N2O2. The Hall–Kier alpha value is -2.83. The van der Waals surface area contributed by atoms with Gasteiger partial charge in [0.15, 0.2) is 17.5 Å². The molecule has 0 radical (unpaired) electrons. The molecule has 148 valence electrons. The average Bonchev–Trinajstić information content (AvgIpc) is 2.72. The van der Waals surface area contributed by atoms with Crippen LogP contribution in [-0.2, 0) is 11.2 Å². The van der Waals surface area contributed by atoms with Gasteiger partial charge in [0.25, 0.3) is 5.91 Å². The van der Waals surface area contributed by atoms with Crippen LogP contribution in [0.1, 0.15) is 28.8 Å². The molecule has 2 aromatic carbocycles. The van der Waals surface area contributed by atoms with Gasteiger partial charge in [0.1, 0.15) is 0 Å². The molecule has 1 fully saturated rings. The number of carbonyl (C=O) groups excluding carboxylic acids is 2. The number of hydrogen-bond donors (Lipinski definition) is 0. The monoisotopic (exact) mass is 390 g/mol. The number of piperazine rings is 1. The lowest BCUT2D eigenvalue weighted by molar-refractivity contribution is -0.132. The van der Waals surface area contributed by atoms with Crippen LogP contribution in [0.2, 0.25) is 0 Å². The molecule has 1 aliphatic rings. The lowest BCUT2D eigenvalue weighted by atomic mass is 10.1. The summed E-state index contributed by atoms with van der Waals surface area (Å²) in [6, 6.07) is 11.3. The summed E-state index contributed by atoms with van der Waals surface area (Å²) in [6.07, 6.45) is 2.00. The quantitative estimate of drug-likeness (QED) is 0.734. The number of amides is 2. The maximum atomic E-state index is 13.3. The second kappa shape index (κ2) is 8.91. The first-order chi connectivity index (χ1) is 13.5. The Morgan fingerprint density at radius 3 is 2.04 bits per heavy atom. The molecule has 0 aliphatic carbocycles. The van der Waals surface area contributed by atoms with Crippen molar-refractivity contribution in [2.24, 2.45) is 0 Å². The molecule has 0 aromatic heterocycles. The van der Waals surface area contributed by atoms with Gasteiger partial charge in [-0.2, -0.15) is 0 Å². The van der Waals surface area contributed by atoms with Gasteiger partial charge >= 0.3 is 0 Å². The Labute approximate surface area is 161 Å². The number of rotatable bonds is 5. The van der Waals surface area contributed by atoms with E-state index in [1.54, 1.807) is 4.90 Å². The van der Waals surface area contributed by atoms with E-state index in [2.05, 4.69) is 0 Å². The van der Waals surface area contributed by atoms with E-state index in [0.717, 1.165) is 12.8 Å². The SMILES string of the molecule is O=C(CCCc1ccccc1)N1CCN(C(=O)c2cc(F)c(F)c(F)c2)CC1. The van der Waals surface area contributed by atoms with Gasteiger partial charge in [-0.1, -0.05) is 30.3 Å². The Balaban J connectivity index is 1.48. The van der Waals surface area contributed by atoms with Crippen molar-refractivity contribution in [1.29, 1.82) is 0 Å². The maximum absolute atomic E-state index is 13.3. The third-order valence-electron chi connectivity index (χ3n) is 4.85. The minimum atomic E-state index is -1.59. The Bertz CT molecular complexity index is 827. The summed E-state index contributed by atoms with van der Waals surface area (Å²) in [5, 5.41) is 0. The van der Waals surface area contributed by atoms with E-state index >= 15 is 0 Å². The van der Waals surface area contributed by atoms with Gasteiger partial charge < -0.3 is 9.80 Å². The molecule has 7 heteroatoms. The first-order valence-electron chi connectivity index (χ1n) is 9.21. The number of carbonyl (C=O) groups is 2. The lowest BCUT2D eigenvalue weighted by Gasteiger charge is -2.35. The fraction of sp³-hybridized carbons (Fsp3) is 0.333. The topological polar surface area (TPSA) is 40.6 Å². The van der Waals surface area contributed by atoms with Gasteiger partial charge in [0.2, 0.25) is 5.91 Å². The third-order valence-corrected chi connectivity index (χ3v) is 4.85. The van der Waals surface area contributed by atoms with Crippen LogP contribution < -0.4 is 0 Å². The fourth-order valence-electron chi connectivity index (χ4n) is 3.27. The standard InChI is InChI=1S/C21H21F3N2O2/c22-17-13-16(14-18(23)20(17)24)21(28)26-11-9-25(10-12-26)19(27)8-4-7-15-5-2-1-3-6-15/h1-3,5-6,13-14H,4,7-12H2. The van der Waals surface area contributed by atoms with E-state index in [1.807, 2.05) is 30.3 Å². The van der Waals surface area contributed by atoms with Gasteiger partial charge in [0.05, 0.1) is 0 Å². The summed E-state index contributed by atoms with van der Waals surface area (Å²) < 4.78 is 39.7. The zero-order chi connectivity index (χ0) is 20.1. The van der Waals surface area contributed by atoms with Crippen molar-refractivity contribution in [2.75, 3.05) is 26.2 Å². The Kier molecular flexibility index (Phi) is 6.34. The van der Waals surface area contributed by atoms with E-state index < -0.39 is 23.4 Å². The summed E-state index contributed by atoms with van der Waals surface area (Å²) in [7, 11) is 0. The van der Waals surface area contributed by atoms with Crippen molar-refractivity contribution in [3.8, 4) is 0 Å². The van der Waals surface area contributed by atoms with Crippen LogP contribution >= 0.6 is 0 Å². The van der Waals surface area contributed by atoms with Crippen LogP contribution in [0.25, 0.3) is 0 Å². The van der Waals surface area contributed by atoms with Crippen molar-refractivity contribution >= 4 is 11.8 Å². The molecule has 4 nitrogen and oxygen atoms in total. The van der Waals surface area contributed by atoms with Crippen LogP contribution in [0.15, 0.2) is 42.5 Å². The summed E-state index contributed by atoms with van der Waals surface area (Å²) in [4.78, 5) is 27.8. The highest BCUT2D eigenvalue weighted by atomic mass is 19.2. The van der Waals surface area contributed by atoms with Crippen LogP contribution in [0.4, 0.5) is 13.2 Å². The highest BCUT2D eigenvalue weighted by molar-refractivity contribution is 5.94. The lowest BCUT2D eigenvalue weighted by Crippen LogP contribution is -2.50. The minimum Gasteiger partial charge on any atom is -0.339 e. The predicted octanol–water partition coefficient (Wildman–Crippen LogP) is 3.41. The number of halogens is 3. The molecule has 0 N–H and O–H groups in total. The maximum Gasteiger partial charge on any atom is 0.254 e. The molecule has 1 aliphatic heterocycles. The van der Waals surface area contributed by atoms with Crippen molar-refractivity contribution in [1.82, 2.24) is 9.80 Å². The first-order valence-corrected chi connectivity index (χ1v) is 9.21. The van der Waals surface area contributed by atoms with Crippen LogP contribution in [0, 0.1) is 17.5 Å². The number of nitrogens with zero attached hydrogens (tertiary/aromatic N) is 2. The summed E-state index contributed by atoms with van der Waals surface area (Å²) >= 11 is 0. The van der Waals surface area contributed by atoms with Crippen molar-refractivity contribution in [3.63, 3.8) is 0 Å². The second-order valence-electron chi connectivity index (χ2n) is 6.77. The molecule has 1 heterocycles. The third kappa shape index (κ3) is 4.71. The fourth-order valence-corrected chi connectivity index (χ4v) is 3.27. The first kappa shape index (κ1) is 19.9. The van der Waals surface area contributed by atoms with Gasteiger partial charge in [-0.05, 0) is 30.5 Å². The molecule has 2 aromatic rings. The van der Waals surface area contributed by atoms with Gasteiger partial charge in [0, 0.05) is 38.2 Å². The number of hydrogen-bond acceptors (Lipinski definition) is 2. The molecule has 3 rings (SSSR count). The van der Waals surface area contributed by atoms with E-state index in [4.69, 9.17) is 0 Å². The largest absolute Gasteiger partial charge is 0.339 e. The minimum absolute atomic E-state index is 0.0295. The molecule has 2 amide bonds. The molecule has 28 heavy (non-hydrogen) atoms.